The summed E-state index contributed by atoms with van der Waals surface area (Å²) in [5, 5.41) is 0. The Bertz CT molecular complexity index is 3610. The van der Waals surface area contributed by atoms with E-state index in [1.807, 2.05) is 42.5 Å². The lowest BCUT2D eigenvalue weighted by atomic mass is 9.64. The molecule has 1 aromatic heterocycles. The third-order valence-electron chi connectivity index (χ3n) is 13.8. The minimum absolute atomic E-state index is 0.504. The van der Waals surface area contributed by atoms with Crippen molar-refractivity contribution in [2.24, 2.45) is 0 Å². The quantitative estimate of drug-likeness (QED) is 0.135. The van der Waals surface area contributed by atoms with Crippen molar-refractivity contribution < 1.29 is 0 Å². The van der Waals surface area contributed by atoms with E-state index in [2.05, 4.69) is 225 Å². The molecule has 12 rings (SSSR count). The molecule has 9 aromatic carbocycles. The van der Waals surface area contributed by atoms with Crippen LogP contribution in [0.2, 0.25) is 0 Å². The summed E-state index contributed by atoms with van der Waals surface area (Å²) in [5.74, 6) is 1.87. The molecule has 4 heteroatoms. The van der Waals surface area contributed by atoms with Gasteiger partial charge in [-0.2, -0.15) is 0 Å². The van der Waals surface area contributed by atoms with Gasteiger partial charge in [0.25, 0.3) is 0 Å². The van der Waals surface area contributed by atoms with Crippen LogP contribution in [0.1, 0.15) is 29.2 Å². The van der Waals surface area contributed by atoms with Crippen LogP contribution in [0, 0.1) is 0 Å². The van der Waals surface area contributed by atoms with Crippen LogP contribution in [0.15, 0.2) is 261 Å². The second kappa shape index (κ2) is 17.3. The molecule has 0 bridgehead atoms. The predicted molar refractivity (Wildman–Crippen MR) is 285 cm³/mol. The second-order valence-corrected chi connectivity index (χ2v) is 17.6. The Kier molecular flexibility index (Phi) is 10.4. The minimum atomic E-state index is -0.504. The number of hydrogen-bond donors (Lipinski definition) is 0. The molecular weight excluding hydrogens is 837 g/mol. The molecule has 326 valence electrons. The average molecular weight is 883 g/mol. The van der Waals surface area contributed by atoms with Crippen molar-refractivity contribution in [2.75, 3.05) is 4.90 Å². The fourth-order valence-electron chi connectivity index (χ4n) is 10.5. The largest absolute Gasteiger partial charge is 0.310 e. The summed E-state index contributed by atoms with van der Waals surface area (Å²) in [6.45, 7) is 6.32. The number of nitrogens with zero attached hydrogens (tertiary/aromatic N) is 4. The molecule has 1 aliphatic carbocycles. The van der Waals surface area contributed by atoms with Gasteiger partial charge >= 0.3 is 0 Å². The molecule has 0 saturated carbocycles. The number of rotatable bonds is 9. The first kappa shape index (κ1) is 41.4. The van der Waals surface area contributed by atoms with E-state index in [9.17, 15) is 0 Å². The van der Waals surface area contributed by atoms with E-state index in [1.54, 1.807) is 0 Å². The van der Waals surface area contributed by atoms with Crippen LogP contribution in [-0.4, -0.2) is 15.0 Å². The van der Waals surface area contributed by atoms with Crippen LogP contribution >= 0.6 is 0 Å². The maximum Gasteiger partial charge on any atom is 0.164 e. The summed E-state index contributed by atoms with van der Waals surface area (Å²) >= 11 is 0. The lowest BCUT2D eigenvalue weighted by Crippen LogP contribution is -2.36. The van der Waals surface area contributed by atoms with Gasteiger partial charge in [0.2, 0.25) is 0 Å². The molecule has 0 radical (unpaired) electrons. The van der Waals surface area contributed by atoms with Gasteiger partial charge in [-0.05, 0) is 104 Å². The van der Waals surface area contributed by atoms with Crippen molar-refractivity contribution in [2.45, 2.75) is 12.3 Å². The van der Waals surface area contributed by atoms with Crippen molar-refractivity contribution in [1.82, 2.24) is 15.0 Å². The second-order valence-electron chi connectivity index (χ2n) is 17.6. The number of fused-ring (bicyclic) bond motifs is 6. The summed E-state index contributed by atoms with van der Waals surface area (Å²) in [7, 11) is 0. The van der Waals surface area contributed by atoms with E-state index >= 15 is 0 Å². The maximum atomic E-state index is 5.16. The molecule has 1 atom stereocenters. The molecule has 4 nitrogen and oxygen atoms in total. The molecular formula is C65H46N4. The number of hydrogen-bond acceptors (Lipinski definition) is 4. The molecule has 2 aliphatic rings. The highest BCUT2D eigenvalue weighted by Gasteiger charge is 2.51. The highest BCUT2D eigenvalue weighted by molar-refractivity contribution is 5.98. The SMILES string of the molecule is C=C/C=C\C1=C(C)C2(c3ccccc31)c1ccccc1N(c1ccccc1)c1cc(-c3ccc(-c4nc(-c5ccccc5)nc(-c5cccc(-c6ccc(-c7ccccc7)cc6)c5)n4)cc3)ccc12. The van der Waals surface area contributed by atoms with Crippen molar-refractivity contribution in [3.8, 4) is 67.5 Å². The molecule has 1 aliphatic heterocycles. The van der Waals surface area contributed by atoms with Gasteiger partial charge in [0, 0.05) is 22.4 Å². The van der Waals surface area contributed by atoms with Gasteiger partial charge < -0.3 is 4.90 Å². The Morgan fingerprint density at radius 1 is 0.391 bits per heavy atom. The summed E-state index contributed by atoms with van der Waals surface area (Å²) in [6.07, 6.45) is 6.14. The van der Waals surface area contributed by atoms with Gasteiger partial charge in [0.05, 0.1) is 16.8 Å². The fraction of sp³-hybridized carbons (Fsp3) is 0.0308. The zero-order valence-electron chi connectivity index (χ0n) is 38.2. The van der Waals surface area contributed by atoms with E-state index in [1.165, 1.54) is 44.5 Å². The normalized spacial score (nSPS) is 14.7. The van der Waals surface area contributed by atoms with Gasteiger partial charge in [-0.3, -0.25) is 0 Å². The lowest BCUT2D eigenvalue weighted by Gasteiger charge is -2.45. The van der Waals surface area contributed by atoms with Gasteiger partial charge in [-0.15, -0.1) is 0 Å². The maximum absolute atomic E-state index is 5.16. The first-order chi connectivity index (χ1) is 34.1. The van der Waals surface area contributed by atoms with Crippen molar-refractivity contribution in [1.29, 1.82) is 0 Å². The topological polar surface area (TPSA) is 41.9 Å². The first-order valence-corrected chi connectivity index (χ1v) is 23.5. The number of benzene rings is 9. The van der Waals surface area contributed by atoms with Crippen LogP contribution in [0.5, 0.6) is 0 Å². The summed E-state index contributed by atoms with van der Waals surface area (Å²) < 4.78 is 0. The molecule has 2 heterocycles. The smallest absolute Gasteiger partial charge is 0.164 e. The number of aromatic nitrogens is 3. The Morgan fingerprint density at radius 2 is 0.841 bits per heavy atom. The Labute approximate surface area is 403 Å². The highest BCUT2D eigenvalue weighted by Crippen LogP contribution is 2.63. The van der Waals surface area contributed by atoms with Crippen LogP contribution < -0.4 is 4.90 Å². The zero-order chi connectivity index (χ0) is 46.3. The van der Waals surface area contributed by atoms with Crippen LogP contribution in [0.25, 0.3) is 73.1 Å². The van der Waals surface area contributed by atoms with E-state index in [0.29, 0.717) is 17.5 Å². The summed E-state index contributed by atoms with van der Waals surface area (Å²) in [6, 6.07) is 82.1. The van der Waals surface area contributed by atoms with E-state index in [4.69, 9.17) is 15.0 Å². The number of anilines is 3. The Hall–Kier alpha value is -8.99. The molecule has 0 N–H and O–H groups in total. The first-order valence-electron chi connectivity index (χ1n) is 23.5. The van der Waals surface area contributed by atoms with Gasteiger partial charge in [0.15, 0.2) is 17.5 Å². The van der Waals surface area contributed by atoms with E-state index < -0.39 is 5.41 Å². The monoisotopic (exact) mass is 882 g/mol. The zero-order valence-corrected chi connectivity index (χ0v) is 38.2. The average Bonchev–Trinajstić information content (AvgIpc) is 3.67. The third-order valence-corrected chi connectivity index (χ3v) is 13.8. The molecule has 1 unspecified atom stereocenters. The standard InChI is InChI=1S/C65H46N4/c1-3-4-27-55-44(2)65(57-29-15-14-28-56(55)57)58-30-16-17-31-60(58)69(54-25-12-7-13-26-54)61-43-52(40-41-59(61)65)48-36-38-50(39-37-48)63-66-62(49-21-10-6-11-22-49)67-64(68-63)53-24-18-23-51(42-53)47-34-32-46(33-35-47)45-19-8-5-9-20-45/h3-43H,1H2,2H3/b27-4-. The molecule has 0 saturated heterocycles. The van der Waals surface area contributed by atoms with Crippen LogP contribution in [0.4, 0.5) is 17.1 Å². The fourth-order valence-corrected chi connectivity index (χ4v) is 10.5. The predicted octanol–water partition coefficient (Wildman–Crippen LogP) is 16.5. The van der Waals surface area contributed by atoms with Crippen LogP contribution in [-0.2, 0) is 5.41 Å². The third kappa shape index (κ3) is 7.13. The van der Waals surface area contributed by atoms with Gasteiger partial charge in [-0.1, -0.05) is 225 Å². The number of para-hydroxylation sites is 2. The van der Waals surface area contributed by atoms with Crippen molar-refractivity contribution in [3.05, 3.63) is 283 Å². The van der Waals surface area contributed by atoms with Gasteiger partial charge in [-0.25, -0.2) is 15.0 Å². The van der Waals surface area contributed by atoms with Crippen LogP contribution in [0.3, 0.4) is 0 Å². The van der Waals surface area contributed by atoms with E-state index in [-0.39, 0.29) is 0 Å². The molecule has 1 spiro atoms. The van der Waals surface area contributed by atoms with Crippen molar-refractivity contribution >= 4 is 22.6 Å². The number of allylic oxidation sites excluding steroid dienone is 5. The Morgan fingerprint density at radius 3 is 1.51 bits per heavy atom. The van der Waals surface area contributed by atoms with Crippen molar-refractivity contribution in [3.63, 3.8) is 0 Å². The Balaban J connectivity index is 0.953. The highest BCUT2D eigenvalue weighted by atomic mass is 15.2. The van der Waals surface area contributed by atoms with Gasteiger partial charge in [0.1, 0.15) is 0 Å². The molecule has 69 heavy (non-hydrogen) atoms. The minimum Gasteiger partial charge on any atom is -0.310 e. The van der Waals surface area contributed by atoms with E-state index in [0.717, 1.165) is 56.0 Å². The molecule has 0 fully saturated rings. The molecule has 0 amide bonds. The summed E-state index contributed by atoms with van der Waals surface area (Å²) in [4.78, 5) is 17.8. The molecule has 10 aromatic rings. The summed E-state index contributed by atoms with van der Waals surface area (Å²) in [5.41, 5.74) is 20.1. The lowest BCUT2D eigenvalue weighted by molar-refractivity contribution is 0.729.